The zero-order valence-electron chi connectivity index (χ0n) is 16.0. The number of aromatic nitrogens is 2. The van der Waals surface area contributed by atoms with Gasteiger partial charge >= 0.3 is 0 Å². The third-order valence-electron chi connectivity index (χ3n) is 6.30. The lowest BCUT2D eigenvalue weighted by Crippen LogP contribution is -2.49. The third-order valence-corrected chi connectivity index (χ3v) is 6.30. The Kier molecular flexibility index (Phi) is 6.02. The van der Waals surface area contributed by atoms with Crippen molar-refractivity contribution < 1.29 is 0 Å². The summed E-state index contributed by atoms with van der Waals surface area (Å²) in [5.41, 5.74) is 2.42. The second-order valence-electron chi connectivity index (χ2n) is 8.12. The Hall–Kier alpha value is -1.24. The largest absolute Gasteiger partial charge is 0.302 e. The Labute approximate surface area is 156 Å². The lowest BCUT2D eigenvalue weighted by atomic mass is 9.97. The van der Waals surface area contributed by atoms with E-state index in [4.69, 9.17) is 0 Å². The summed E-state index contributed by atoms with van der Waals surface area (Å²) in [5.74, 6) is 0. The molecule has 0 saturated carbocycles. The van der Waals surface area contributed by atoms with Crippen LogP contribution < -0.4 is 5.56 Å². The summed E-state index contributed by atoms with van der Waals surface area (Å²) in [4.78, 5) is 20.0. The van der Waals surface area contributed by atoms with E-state index >= 15 is 0 Å². The van der Waals surface area contributed by atoms with Crippen molar-refractivity contribution in [3.05, 3.63) is 27.7 Å². The fourth-order valence-corrected chi connectivity index (χ4v) is 4.52. The summed E-state index contributed by atoms with van der Waals surface area (Å²) >= 11 is 0. The van der Waals surface area contributed by atoms with Gasteiger partial charge < -0.3 is 4.90 Å². The fourth-order valence-electron chi connectivity index (χ4n) is 4.52. The van der Waals surface area contributed by atoms with Crippen LogP contribution in [0, 0.1) is 0 Å². The van der Waals surface area contributed by atoms with E-state index in [1.54, 1.807) is 4.68 Å². The minimum absolute atomic E-state index is 0.0786. The van der Waals surface area contributed by atoms with Crippen LogP contribution in [0.5, 0.6) is 0 Å². The zero-order chi connectivity index (χ0) is 17.8. The maximum Gasteiger partial charge on any atom is 0.267 e. The fraction of sp³-hybridized carbons (Fsp3) is 0.800. The van der Waals surface area contributed by atoms with Crippen LogP contribution in [0.25, 0.3) is 0 Å². The van der Waals surface area contributed by atoms with E-state index in [1.165, 1.54) is 57.4 Å². The van der Waals surface area contributed by atoms with E-state index < -0.39 is 0 Å². The third kappa shape index (κ3) is 4.53. The zero-order valence-corrected chi connectivity index (χ0v) is 16.0. The van der Waals surface area contributed by atoms with Crippen LogP contribution in [0.1, 0.15) is 36.9 Å². The van der Waals surface area contributed by atoms with Crippen LogP contribution in [0.2, 0.25) is 0 Å². The smallest absolute Gasteiger partial charge is 0.267 e. The highest BCUT2D eigenvalue weighted by molar-refractivity contribution is 5.20. The molecule has 4 rings (SSSR count). The topological polar surface area (TPSA) is 44.6 Å². The molecule has 0 N–H and O–H groups in total. The van der Waals surface area contributed by atoms with Crippen LogP contribution >= 0.6 is 0 Å². The number of likely N-dealkylation sites (tertiary alicyclic amines) is 1. The van der Waals surface area contributed by atoms with Gasteiger partial charge in [0.05, 0.1) is 12.2 Å². The molecule has 1 aromatic rings. The first kappa shape index (κ1) is 18.1. The predicted octanol–water partition coefficient (Wildman–Crippen LogP) is 0.836. The molecule has 1 aromatic heterocycles. The molecule has 1 aliphatic carbocycles. The molecule has 0 aromatic carbocycles. The van der Waals surface area contributed by atoms with Crippen molar-refractivity contribution in [2.75, 3.05) is 58.9 Å². The van der Waals surface area contributed by atoms with Crippen molar-refractivity contribution >= 4 is 0 Å². The van der Waals surface area contributed by atoms with Gasteiger partial charge in [-0.2, -0.15) is 5.10 Å². The standard InChI is InChI=1S/C20H33N5O/c26-20-17-18-5-1-2-6-19(18)21-25(20)16-15-24-13-11-23(12-14-24)10-9-22-7-3-4-8-22/h17H,1-16H2. The highest BCUT2D eigenvalue weighted by Gasteiger charge is 2.19. The van der Waals surface area contributed by atoms with Gasteiger partial charge in [-0.25, -0.2) is 4.68 Å². The predicted molar refractivity (Wildman–Crippen MR) is 104 cm³/mol. The number of fused-ring (bicyclic) bond motifs is 1. The van der Waals surface area contributed by atoms with Crippen LogP contribution in [-0.2, 0) is 19.4 Å². The SMILES string of the molecule is O=c1cc2c(nn1CCN1CCN(CCN3CCCC3)CC1)CCCC2. The van der Waals surface area contributed by atoms with E-state index in [1.807, 2.05) is 6.07 Å². The van der Waals surface area contributed by atoms with Crippen LogP contribution in [0.3, 0.4) is 0 Å². The number of nitrogens with zero attached hydrogens (tertiary/aromatic N) is 5. The minimum Gasteiger partial charge on any atom is -0.302 e. The lowest BCUT2D eigenvalue weighted by molar-refractivity contribution is 0.118. The summed E-state index contributed by atoms with van der Waals surface area (Å²) in [6, 6.07) is 1.83. The van der Waals surface area contributed by atoms with Gasteiger partial charge in [0.1, 0.15) is 0 Å². The van der Waals surface area contributed by atoms with Gasteiger partial charge in [0, 0.05) is 51.9 Å². The second-order valence-corrected chi connectivity index (χ2v) is 8.12. The first-order valence-electron chi connectivity index (χ1n) is 10.5. The van der Waals surface area contributed by atoms with Gasteiger partial charge in [-0.1, -0.05) is 0 Å². The molecule has 2 fully saturated rings. The molecular weight excluding hydrogens is 326 g/mol. The summed E-state index contributed by atoms with van der Waals surface area (Å²) in [7, 11) is 0. The van der Waals surface area contributed by atoms with Crippen LogP contribution in [-0.4, -0.2) is 83.4 Å². The van der Waals surface area contributed by atoms with Crippen molar-refractivity contribution in [1.29, 1.82) is 0 Å². The number of rotatable bonds is 6. The molecule has 6 heteroatoms. The summed E-state index contributed by atoms with van der Waals surface area (Å²) in [6.07, 6.45) is 7.22. The van der Waals surface area contributed by atoms with Crippen LogP contribution in [0.4, 0.5) is 0 Å². The highest BCUT2D eigenvalue weighted by Crippen LogP contribution is 2.16. The molecule has 6 nitrogen and oxygen atoms in total. The first-order chi connectivity index (χ1) is 12.8. The number of hydrogen-bond donors (Lipinski definition) is 0. The van der Waals surface area contributed by atoms with Crippen molar-refractivity contribution in [3.63, 3.8) is 0 Å². The molecule has 0 atom stereocenters. The molecule has 0 amide bonds. The Balaban J connectivity index is 1.22. The highest BCUT2D eigenvalue weighted by atomic mass is 16.1. The maximum absolute atomic E-state index is 12.3. The molecule has 26 heavy (non-hydrogen) atoms. The maximum atomic E-state index is 12.3. The summed E-state index contributed by atoms with van der Waals surface area (Å²) < 4.78 is 1.70. The van der Waals surface area contributed by atoms with Gasteiger partial charge in [0.15, 0.2) is 0 Å². The van der Waals surface area contributed by atoms with Crippen molar-refractivity contribution in [2.24, 2.45) is 0 Å². The molecule has 3 aliphatic rings. The first-order valence-corrected chi connectivity index (χ1v) is 10.5. The molecule has 2 saturated heterocycles. The van der Waals surface area contributed by atoms with E-state index in [0.29, 0.717) is 0 Å². The number of aryl methyl sites for hydroxylation is 2. The molecule has 144 valence electrons. The average molecular weight is 360 g/mol. The number of piperazine rings is 1. The van der Waals surface area contributed by atoms with E-state index in [2.05, 4.69) is 19.8 Å². The molecule has 0 bridgehead atoms. The van der Waals surface area contributed by atoms with Gasteiger partial charge in [-0.05, 0) is 57.2 Å². The molecule has 0 radical (unpaired) electrons. The Morgan fingerprint density at radius 3 is 2.00 bits per heavy atom. The van der Waals surface area contributed by atoms with Crippen LogP contribution in [0.15, 0.2) is 10.9 Å². The average Bonchev–Trinajstić information content (AvgIpc) is 3.19. The minimum atomic E-state index is 0.0786. The Morgan fingerprint density at radius 2 is 1.31 bits per heavy atom. The molecule has 2 aliphatic heterocycles. The summed E-state index contributed by atoms with van der Waals surface area (Å²) in [6.45, 7) is 11.2. The van der Waals surface area contributed by atoms with E-state index in [-0.39, 0.29) is 5.56 Å². The van der Waals surface area contributed by atoms with Gasteiger partial charge in [0.25, 0.3) is 5.56 Å². The van der Waals surface area contributed by atoms with Crippen molar-refractivity contribution in [2.45, 2.75) is 45.1 Å². The quantitative estimate of drug-likeness (QED) is 0.753. The molecule has 0 spiro atoms. The van der Waals surface area contributed by atoms with Crippen molar-refractivity contribution in [1.82, 2.24) is 24.5 Å². The monoisotopic (exact) mass is 359 g/mol. The van der Waals surface area contributed by atoms with Gasteiger partial charge in [-0.15, -0.1) is 0 Å². The normalized spacial score (nSPS) is 22.6. The Bertz CT molecular complexity index is 644. The van der Waals surface area contributed by atoms with Gasteiger partial charge in [0.2, 0.25) is 0 Å². The molecule has 0 unspecified atom stereocenters. The molecule has 3 heterocycles. The van der Waals surface area contributed by atoms with Crippen molar-refractivity contribution in [3.8, 4) is 0 Å². The second kappa shape index (κ2) is 8.63. The lowest BCUT2D eigenvalue weighted by Gasteiger charge is -2.35. The van der Waals surface area contributed by atoms with Gasteiger partial charge in [-0.3, -0.25) is 14.6 Å². The number of hydrogen-bond acceptors (Lipinski definition) is 5. The Morgan fingerprint density at radius 1 is 0.731 bits per heavy atom. The molecular formula is C20H33N5O. The summed E-state index contributed by atoms with van der Waals surface area (Å²) in [5, 5.41) is 4.65. The van der Waals surface area contributed by atoms with E-state index in [0.717, 1.165) is 57.8 Å². The van der Waals surface area contributed by atoms with E-state index in [9.17, 15) is 4.79 Å².